The van der Waals surface area contributed by atoms with Crippen LogP contribution in [0.5, 0.6) is 0 Å². The summed E-state index contributed by atoms with van der Waals surface area (Å²) >= 11 is 0. The van der Waals surface area contributed by atoms with Crippen LogP contribution in [0.2, 0.25) is 0 Å². The van der Waals surface area contributed by atoms with Crippen molar-refractivity contribution >= 4 is 11.8 Å². The normalized spacial score (nSPS) is 12.3. The summed E-state index contributed by atoms with van der Waals surface area (Å²) in [6.45, 7) is 6.00. The van der Waals surface area contributed by atoms with Gasteiger partial charge in [-0.25, -0.2) is 0 Å². The van der Waals surface area contributed by atoms with E-state index in [1.807, 2.05) is 20.8 Å². The number of amides is 2. The van der Waals surface area contributed by atoms with E-state index in [9.17, 15) is 9.59 Å². The van der Waals surface area contributed by atoms with Crippen LogP contribution in [0.3, 0.4) is 0 Å². The zero-order chi connectivity index (χ0) is 11.8. The van der Waals surface area contributed by atoms with Gasteiger partial charge in [-0.05, 0) is 18.8 Å². The van der Waals surface area contributed by atoms with Crippen LogP contribution in [-0.4, -0.2) is 24.9 Å². The van der Waals surface area contributed by atoms with E-state index in [0.29, 0.717) is 18.8 Å². The van der Waals surface area contributed by atoms with E-state index in [1.54, 1.807) is 7.05 Å². The van der Waals surface area contributed by atoms with Crippen molar-refractivity contribution < 1.29 is 9.59 Å². The molecule has 0 aromatic carbocycles. The second-order valence-electron chi connectivity index (χ2n) is 4.11. The predicted molar refractivity (Wildman–Crippen MR) is 60.4 cm³/mol. The van der Waals surface area contributed by atoms with Gasteiger partial charge in [-0.3, -0.25) is 9.59 Å². The lowest BCUT2D eigenvalue weighted by Gasteiger charge is -2.18. The Bertz CT molecular complexity index is 215. The Labute approximate surface area is 91.8 Å². The maximum absolute atomic E-state index is 11.5. The Kier molecular flexibility index (Phi) is 6.75. The molecule has 0 fully saturated rings. The summed E-state index contributed by atoms with van der Waals surface area (Å²) in [5, 5.41) is 5.31. The smallest absolute Gasteiger partial charge is 0.242 e. The first-order valence-electron chi connectivity index (χ1n) is 5.52. The molecule has 0 aliphatic carbocycles. The third-order valence-corrected chi connectivity index (χ3v) is 2.08. The molecule has 0 rings (SSSR count). The minimum atomic E-state index is -0.394. The van der Waals surface area contributed by atoms with E-state index < -0.39 is 6.04 Å². The molecule has 0 aliphatic heterocycles. The SMILES string of the molecule is CCCC(=O)NC(CC(C)C)C(=O)NC. The zero-order valence-corrected chi connectivity index (χ0v) is 10.1. The molecule has 1 unspecified atom stereocenters. The van der Waals surface area contributed by atoms with Crippen LogP contribution in [0, 0.1) is 5.92 Å². The first kappa shape index (κ1) is 13.9. The number of carbonyl (C=O) groups excluding carboxylic acids is 2. The highest BCUT2D eigenvalue weighted by Gasteiger charge is 2.19. The highest BCUT2D eigenvalue weighted by molar-refractivity contribution is 5.87. The number of hydrogen-bond acceptors (Lipinski definition) is 2. The number of likely N-dealkylation sites (N-methyl/N-ethyl adjacent to an activating group) is 1. The molecule has 2 amide bonds. The Morgan fingerprint density at radius 2 is 1.87 bits per heavy atom. The molecule has 0 aromatic rings. The molecule has 0 spiro atoms. The zero-order valence-electron chi connectivity index (χ0n) is 10.1. The lowest BCUT2D eigenvalue weighted by atomic mass is 10.0. The topological polar surface area (TPSA) is 58.2 Å². The molecule has 0 saturated carbocycles. The maximum Gasteiger partial charge on any atom is 0.242 e. The quantitative estimate of drug-likeness (QED) is 0.694. The minimum absolute atomic E-state index is 0.0493. The third-order valence-electron chi connectivity index (χ3n) is 2.08. The summed E-state index contributed by atoms with van der Waals surface area (Å²) in [7, 11) is 1.58. The summed E-state index contributed by atoms with van der Waals surface area (Å²) in [5.41, 5.74) is 0. The fourth-order valence-corrected chi connectivity index (χ4v) is 1.37. The van der Waals surface area contributed by atoms with Gasteiger partial charge in [0.1, 0.15) is 6.04 Å². The molecular formula is C11H22N2O2. The van der Waals surface area contributed by atoms with Crippen LogP contribution < -0.4 is 10.6 Å². The predicted octanol–water partition coefficient (Wildman–Crippen LogP) is 1.06. The van der Waals surface area contributed by atoms with E-state index in [-0.39, 0.29) is 11.8 Å². The molecule has 0 aromatic heterocycles. The Morgan fingerprint density at radius 3 is 2.27 bits per heavy atom. The summed E-state index contributed by atoms with van der Waals surface area (Å²) < 4.78 is 0. The molecule has 1 atom stereocenters. The largest absolute Gasteiger partial charge is 0.357 e. The highest BCUT2D eigenvalue weighted by atomic mass is 16.2. The van der Waals surface area contributed by atoms with Gasteiger partial charge in [0.2, 0.25) is 11.8 Å². The van der Waals surface area contributed by atoms with Crippen LogP contribution in [-0.2, 0) is 9.59 Å². The van der Waals surface area contributed by atoms with Crippen molar-refractivity contribution in [2.24, 2.45) is 5.92 Å². The third kappa shape index (κ3) is 6.10. The molecule has 4 heteroatoms. The second-order valence-corrected chi connectivity index (χ2v) is 4.11. The van der Waals surface area contributed by atoms with Gasteiger partial charge in [0.15, 0.2) is 0 Å². The van der Waals surface area contributed by atoms with Crippen molar-refractivity contribution in [3.63, 3.8) is 0 Å². The summed E-state index contributed by atoms with van der Waals surface area (Å²) in [4.78, 5) is 22.8. The van der Waals surface area contributed by atoms with E-state index in [2.05, 4.69) is 10.6 Å². The maximum atomic E-state index is 11.5. The van der Waals surface area contributed by atoms with Crippen LogP contribution in [0.4, 0.5) is 0 Å². The first-order valence-corrected chi connectivity index (χ1v) is 5.52. The van der Waals surface area contributed by atoms with Crippen molar-refractivity contribution in [3.05, 3.63) is 0 Å². The van der Waals surface area contributed by atoms with Crippen molar-refractivity contribution in [1.82, 2.24) is 10.6 Å². The minimum Gasteiger partial charge on any atom is -0.357 e. The average Bonchev–Trinajstić information content (AvgIpc) is 2.15. The number of carbonyl (C=O) groups is 2. The molecule has 15 heavy (non-hydrogen) atoms. The van der Waals surface area contributed by atoms with Crippen molar-refractivity contribution in [3.8, 4) is 0 Å². The van der Waals surface area contributed by atoms with Crippen LogP contribution in [0.15, 0.2) is 0 Å². The number of nitrogens with one attached hydrogen (secondary N) is 2. The average molecular weight is 214 g/mol. The summed E-state index contributed by atoms with van der Waals surface area (Å²) in [6, 6.07) is -0.394. The molecule has 88 valence electrons. The van der Waals surface area contributed by atoms with E-state index in [1.165, 1.54) is 0 Å². The van der Waals surface area contributed by atoms with E-state index >= 15 is 0 Å². The summed E-state index contributed by atoms with van der Waals surface area (Å²) in [6.07, 6.45) is 1.95. The molecular weight excluding hydrogens is 192 g/mol. The number of rotatable bonds is 6. The molecule has 4 nitrogen and oxygen atoms in total. The van der Waals surface area contributed by atoms with Gasteiger partial charge < -0.3 is 10.6 Å². The Balaban J connectivity index is 4.24. The van der Waals surface area contributed by atoms with Crippen LogP contribution in [0.1, 0.15) is 40.0 Å². The van der Waals surface area contributed by atoms with E-state index in [4.69, 9.17) is 0 Å². The Morgan fingerprint density at radius 1 is 1.27 bits per heavy atom. The van der Waals surface area contributed by atoms with Gasteiger partial charge in [0, 0.05) is 13.5 Å². The molecule has 0 saturated heterocycles. The molecule has 0 bridgehead atoms. The lowest BCUT2D eigenvalue weighted by molar-refractivity contribution is -0.129. The molecule has 0 aliphatic rings. The molecule has 0 radical (unpaired) electrons. The van der Waals surface area contributed by atoms with Gasteiger partial charge in [-0.15, -0.1) is 0 Å². The number of hydrogen-bond donors (Lipinski definition) is 2. The first-order chi connectivity index (χ1) is 7.01. The second kappa shape index (κ2) is 7.26. The van der Waals surface area contributed by atoms with Gasteiger partial charge in [-0.2, -0.15) is 0 Å². The fourth-order valence-electron chi connectivity index (χ4n) is 1.37. The van der Waals surface area contributed by atoms with Gasteiger partial charge >= 0.3 is 0 Å². The molecule has 2 N–H and O–H groups in total. The lowest BCUT2D eigenvalue weighted by Crippen LogP contribution is -2.46. The van der Waals surface area contributed by atoms with Crippen LogP contribution >= 0.6 is 0 Å². The Hall–Kier alpha value is -1.06. The van der Waals surface area contributed by atoms with E-state index in [0.717, 1.165) is 6.42 Å². The van der Waals surface area contributed by atoms with Crippen molar-refractivity contribution in [2.45, 2.75) is 46.1 Å². The standard InChI is InChI=1S/C11H22N2O2/c1-5-6-10(14)13-9(7-8(2)3)11(15)12-4/h8-9H,5-7H2,1-4H3,(H,12,15)(H,13,14). The van der Waals surface area contributed by atoms with Crippen molar-refractivity contribution in [2.75, 3.05) is 7.05 Å². The summed E-state index contributed by atoms with van der Waals surface area (Å²) in [5.74, 6) is 0.217. The monoisotopic (exact) mass is 214 g/mol. The van der Waals surface area contributed by atoms with Crippen LogP contribution in [0.25, 0.3) is 0 Å². The van der Waals surface area contributed by atoms with Gasteiger partial charge in [-0.1, -0.05) is 20.8 Å². The van der Waals surface area contributed by atoms with Gasteiger partial charge in [0.25, 0.3) is 0 Å². The van der Waals surface area contributed by atoms with Gasteiger partial charge in [0.05, 0.1) is 0 Å². The van der Waals surface area contributed by atoms with Crippen molar-refractivity contribution in [1.29, 1.82) is 0 Å². The fraction of sp³-hybridized carbons (Fsp3) is 0.818. The highest BCUT2D eigenvalue weighted by Crippen LogP contribution is 2.05. The molecule has 0 heterocycles.